The van der Waals surface area contributed by atoms with Crippen LogP contribution in [0.4, 0.5) is 0 Å². The van der Waals surface area contributed by atoms with Crippen molar-refractivity contribution in [2.45, 2.75) is 39.2 Å². The maximum Gasteiger partial charge on any atom is 0.264 e. The van der Waals surface area contributed by atoms with E-state index in [0.717, 1.165) is 30.7 Å². The smallest absolute Gasteiger partial charge is 0.264 e. The van der Waals surface area contributed by atoms with Gasteiger partial charge in [-0.2, -0.15) is 0 Å². The van der Waals surface area contributed by atoms with Gasteiger partial charge in [0.05, 0.1) is 17.5 Å². The molecular weight excluding hydrogens is 234 g/mol. The van der Waals surface area contributed by atoms with Crippen LogP contribution in [0.3, 0.4) is 0 Å². The highest BCUT2D eigenvalue weighted by atomic mass is 32.1. The second kappa shape index (κ2) is 5.19. The van der Waals surface area contributed by atoms with E-state index in [1.54, 1.807) is 11.3 Å². The van der Waals surface area contributed by atoms with Crippen molar-refractivity contribution < 1.29 is 9.90 Å². The van der Waals surface area contributed by atoms with Gasteiger partial charge in [-0.15, -0.1) is 11.3 Å². The summed E-state index contributed by atoms with van der Waals surface area (Å²) in [6, 6.07) is 2.01. The lowest BCUT2D eigenvalue weighted by molar-refractivity contribution is 0.0682. The number of rotatable bonds is 3. The number of hydrogen-bond donors (Lipinski definition) is 1. The topological polar surface area (TPSA) is 40.5 Å². The van der Waals surface area contributed by atoms with Crippen molar-refractivity contribution in [3.63, 3.8) is 0 Å². The van der Waals surface area contributed by atoms with Gasteiger partial charge >= 0.3 is 0 Å². The zero-order chi connectivity index (χ0) is 12.4. The minimum Gasteiger partial charge on any atom is -0.394 e. The second-order valence-corrected chi connectivity index (χ2v) is 5.68. The number of likely N-dealkylation sites (tertiary alicyclic amines) is 1. The monoisotopic (exact) mass is 253 g/mol. The molecule has 2 heterocycles. The fourth-order valence-corrected chi connectivity index (χ4v) is 3.48. The van der Waals surface area contributed by atoms with Crippen molar-refractivity contribution in [2.24, 2.45) is 0 Å². The Morgan fingerprint density at radius 1 is 1.65 bits per heavy atom. The van der Waals surface area contributed by atoms with Crippen LogP contribution >= 0.6 is 11.3 Å². The van der Waals surface area contributed by atoms with Crippen LogP contribution < -0.4 is 0 Å². The van der Waals surface area contributed by atoms with Crippen LogP contribution in [0.5, 0.6) is 0 Å². The molecule has 1 saturated heterocycles. The first-order valence-corrected chi connectivity index (χ1v) is 7.00. The van der Waals surface area contributed by atoms with Gasteiger partial charge in [-0.05, 0) is 37.8 Å². The summed E-state index contributed by atoms with van der Waals surface area (Å²) in [7, 11) is 0. The summed E-state index contributed by atoms with van der Waals surface area (Å²) in [4.78, 5) is 16.3. The van der Waals surface area contributed by atoms with E-state index in [1.165, 1.54) is 10.4 Å². The van der Waals surface area contributed by atoms with Gasteiger partial charge in [-0.1, -0.05) is 6.92 Å². The number of hydrogen-bond acceptors (Lipinski definition) is 3. The van der Waals surface area contributed by atoms with Gasteiger partial charge < -0.3 is 10.0 Å². The predicted octanol–water partition coefficient (Wildman–Crippen LogP) is 2.22. The molecule has 2 rings (SSSR count). The molecule has 17 heavy (non-hydrogen) atoms. The Morgan fingerprint density at radius 3 is 3.00 bits per heavy atom. The van der Waals surface area contributed by atoms with Crippen molar-refractivity contribution in [1.29, 1.82) is 0 Å². The average molecular weight is 253 g/mol. The summed E-state index contributed by atoms with van der Waals surface area (Å²) in [6.45, 7) is 5.03. The Labute approximate surface area is 106 Å². The molecule has 1 aliphatic heterocycles. The molecule has 1 fully saturated rings. The molecule has 1 aromatic rings. The van der Waals surface area contributed by atoms with Gasteiger partial charge in [0.1, 0.15) is 0 Å². The number of thiophene rings is 1. The van der Waals surface area contributed by atoms with Crippen molar-refractivity contribution in [1.82, 2.24) is 4.90 Å². The molecule has 0 saturated carbocycles. The summed E-state index contributed by atoms with van der Waals surface area (Å²) in [5.41, 5.74) is 1.21. The highest BCUT2D eigenvalue weighted by Crippen LogP contribution is 2.26. The first kappa shape index (κ1) is 12.6. The largest absolute Gasteiger partial charge is 0.394 e. The number of aliphatic hydroxyl groups excluding tert-OH is 1. The van der Waals surface area contributed by atoms with Crippen molar-refractivity contribution in [2.75, 3.05) is 13.2 Å². The van der Waals surface area contributed by atoms with Crippen LogP contribution in [0.1, 0.15) is 39.9 Å². The maximum absolute atomic E-state index is 12.3. The average Bonchev–Trinajstić information content (AvgIpc) is 2.93. The zero-order valence-corrected chi connectivity index (χ0v) is 11.2. The van der Waals surface area contributed by atoms with Crippen LogP contribution in [0.15, 0.2) is 6.07 Å². The van der Waals surface area contributed by atoms with Crippen LogP contribution in [0.2, 0.25) is 0 Å². The standard InChI is InChI=1S/C13H19NO2S/c1-3-11-9(2)7-12(17-11)13(16)14-6-4-5-10(14)8-15/h7,10,15H,3-6,8H2,1-2H3. The molecule has 1 atom stereocenters. The lowest BCUT2D eigenvalue weighted by Gasteiger charge is -2.22. The minimum absolute atomic E-state index is 0.0231. The number of nitrogens with zero attached hydrogens (tertiary/aromatic N) is 1. The zero-order valence-electron chi connectivity index (χ0n) is 10.4. The second-order valence-electron chi connectivity index (χ2n) is 4.55. The SMILES string of the molecule is CCc1sc(C(=O)N2CCCC2CO)cc1C. The van der Waals surface area contributed by atoms with E-state index in [-0.39, 0.29) is 18.6 Å². The molecule has 1 N–H and O–H groups in total. The molecule has 3 nitrogen and oxygen atoms in total. The van der Waals surface area contributed by atoms with Crippen molar-refractivity contribution in [3.8, 4) is 0 Å². The van der Waals surface area contributed by atoms with Crippen LogP contribution in [0, 0.1) is 6.92 Å². The summed E-state index contributed by atoms with van der Waals surface area (Å²) >= 11 is 1.59. The first-order valence-electron chi connectivity index (χ1n) is 6.18. The van der Waals surface area contributed by atoms with E-state index in [0.29, 0.717) is 0 Å². The number of amides is 1. The summed E-state index contributed by atoms with van der Waals surface area (Å²) in [5.74, 6) is 0.0920. The lowest BCUT2D eigenvalue weighted by Crippen LogP contribution is -2.37. The molecule has 0 aliphatic carbocycles. The predicted molar refractivity (Wildman–Crippen MR) is 69.6 cm³/mol. The number of carbonyl (C=O) groups excluding carboxylic acids is 1. The van der Waals surface area contributed by atoms with E-state index in [4.69, 9.17) is 0 Å². The van der Waals surface area contributed by atoms with E-state index >= 15 is 0 Å². The van der Waals surface area contributed by atoms with Crippen LogP contribution in [0.25, 0.3) is 0 Å². The Morgan fingerprint density at radius 2 is 2.41 bits per heavy atom. The molecular formula is C13H19NO2S. The highest BCUT2D eigenvalue weighted by Gasteiger charge is 2.29. The Hall–Kier alpha value is -0.870. The third kappa shape index (κ3) is 2.38. The molecule has 0 aromatic carbocycles. The first-order chi connectivity index (χ1) is 8.17. The Kier molecular flexibility index (Phi) is 3.84. The maximum atomic E-state index is 12.3. The summed E-state index contributed by atoms with van der Waals surface area (Å²) in [6.07, 6.45) is 2.91. The molecule has 94 valence electrons. The fraction of sp³-hybridized carbons (Fsp3) is 0.615. The Bertz CT molecular complexity index is 414. The summed E-state index contributed by atoms with van der Waals surface area (Å²) in [5, 5.41) is 9.25. The number of carbonyl (C=O) groups is 1. The molecule has 1 aliphatic rings. The quantitative estimate of drug-likeness (QED) is 0.897. The minimum atomic E-state index is 0.0231. The molecule has 4 heteroatoms. The molecule has 1 amide bonds. The molecule has 1 unspecified atom stereocenters. The molecule has 0 radical (unpaired) electrons. The van der Waals surface area contributed by atoms with E-state index in [1.807, 2.05) is 11.0 Å². The molecule has 1 aromatic heterocycles. The van der Waals surface area contributed by atoms with Crippen molar-refractivity contribution in [3.05, 3.63) is 21.4 Å². The third-order valence-electron chi connectivity index (χ3n) is 3.40. The van der Waals surface area contributed by atoms with Gasteiger partial charge in [-0.3, -0.25) is 4.79 Å². The normalized spacial score (nSPS) is 19.9. The van der Waals surface area contributed by atoms with Crippen LogP contribution in [-0.2, 0) is 6.42 Å². The van der Waals surface area contributed by atoms with E-state index in [9.17, 15) is 9.90 Å². The van der Waals surface area contributed by atoms with Gasteiger partial charge in [-0.25, -0.2) is 0 Å². The van der Waals surface area contributed by atoms with Gasteiger partial charge in [0.2, 0.25) is 0 Å². The number of aryl methyl sites for hydroxylation is 2. The molecule has 0 spiro atoms. The van der Waals surface area contributed by atoms with Gasteiger partial charge in [0.15, 0.2) is 0 Å². The fourth-order valence-electron chi connectivity index (χ4n) is 2.41. The van der Waals surface area contributed by atoms with Crippen molar-refractivity contribution >= 4 is 17.2 Å². The Balaban J connectivity index is 2.18. The lowest BCUT2D eigenvalue weighted by atomic mass is 10.2. The van der Waals surface area contributed by atoms with E-state index < -0.39 is 0 Å². The highest BCUT2D eigenvalue weighted by molar-refractivity contribution is 7.14. The van der Waals surface area contributed by atoms with Gasteiger partial charge in [0, 0.05) is 11.4 Å². The number of aliphatic hydroxyl groups is 1. The summed E-state index contributed by atoms with van der Waals surface area (Å²) < 4.78 is 0. The van der Waals surface area contributed by atoms with E-state index in [2.05, 4.69) is 13.8 Å². The molecule has 0 bridgehead atoms. The van der Waals surface area contributed by atoms with Gasteiger partial charge in [0.25, 0.3) is 5.91 Å². The third-order valence-corrected chi connectivity index (χ3v) is 4.77. The van der Waals surface area contributed by atoms with Crippen LogP contribution in [-0.4, -0.2) is 35.1 Å².